The minimum Gasteiger partial charge on any atom is -0.466 e. The Balaban J connectivity index is 1.78. The smallest absolute Gasteiger partial charge is 0.466 e. The molecule has 0 aliphatic heterocycles. The van der Waals surface area contributed by atoms with Gasteiger partial charge < -0.3 is 33.5 Å². The molecule has 1 aromatic heterocycles. The summed E-state index contributed by atoms with van der Waals surface area (Å²) in [6.45, 7) is 8.23. The molecule has 1 aliphatic rings. The lowest BCUT2D eigenvalue weighted by Gasteiger charge is -2.24. The van der Waals surface area contributed by atoms with Crippen molar-refractivity contribution in [3.8, 4) is 0 Å². The maximum atomic E-state index is 12.8. The highest BCUT2D eigenvalue weighted by Crippen LogP contribution is 2.43. The van der Waals surface area contributed by atoms with Gasteiger partial charge in [0.1, 0.15) is 37.1 Å². The van der Waals surface area contributed by atoms with Crippen molar-refractivity contribution in [3.63, 3.8) is 0 Å². The summed E-state index contributed by atoms with van der Waals surface area (Å²) in [5, 5.41) is 20.8. The van der Waals surface area contributed by atoms with E-state index in [1.807, 2.05) is 33.3 Å². The third-order valence-corrected chi connectivity index (χ3v) is 12.5. The van der Waals surface area contributed by atoms with Gasteiger partial charge in [0, 0.05) is 43.9 Å². The number of rotatable bonds is 35. The van der Waals surface area contributed by atoms with Gasteiger partial charge in [-0.25, -0.2) is 4.57 Å². The number of nitrogens with zero attached hydrogens (tertiary/aromatic N) is 1. The first kappa shape index (κ1) is 55.5. The lowest BCUT2D eigenvalue weighted by atomic mass is 9.90. The van der Waals surface area contributed by atoms with Crippen molar-refractivity contribution < 1.29 is 61.5 Å². The van der Waals surface area contributed by atoms with E-state index in [4.69, 9.17) is 22.9 Å². The van der Waals surface area contributed by atoms with Gasteiger partial charge in [-0.3, -0.25) is 23.4 Å². The van der Waals surface area contributed by atoms with Gasteiger partial charge >= 0.3 is 19.8 Å². The molecular weight excluding hydrogens is 813 g/mol. The number of ketones is 1. The first-order valence-corrected chi connectivity index (χ1v) is 25.0. The molecule has 356 valence electrons. The van der Waals surface area contributed by atoms with Crippen molar-refractivity contribution in [2.75, 3.05) is 47.5 Å². The van der Waals surface area contributed by atoms with Crippen molar-refractivity contribution in [1.29, 1.82) is 0 Å². The Hall–Kier alpha value is -2.64. The predicted octanol–water partition coefficient (Wildman–Crippen LogP) is 9.38. The lowest BCUT2D eigenvalue weighted by molar-refractivity contribution is -0.870. The maximum absolute atomic E-state index is 12.8. The van der Waals surface area contributed by atoms with Crippen LogP contribution in [0.25, 0.3) is 0 Å². The number of phosphoric acid groups is 1. The molecule has 6 atom stereocenters. The Morgan fingerprint density at radius 3 is 2.11 bits per heavy atom. The molecule has 14 heteroatoms. The summed E-state index contributed by atoms with van der Waals surface area (Å²) in [5.74, 6) is 0.452. The Morgan fingerprint density at radius 1 is 0.839 bits per heavy atom. The Bertz CT molecular complexity index is 1550. The molecule has 1 saturated carbocycles. The van der Waals surface area contributed by atoms with Crippen LogP contribution in [-0.2, 0) is 50.3 Å². The molecule has 0 bridgehead atoms. The molecule has 13 nitrogen and oxygen atoms in total. The van der Waals surface area contributed by atoms with Gasteiger partial charge in [-0.2, -0.15) is 0 Å². The maximum Gasteiger partial charge on any atom is 0.472 e. The summed E-state index contributed by atoms with van der Waals surface area (Å²) in [4.78, 5) is 48.3. The fourth-order valence-electron chi connectivity index (χ4n) is 7.47. The Morgan fingerprint density at radius 2 is 1.45 bits per heavy atom. The number of unbranched alkanes of at least 4 members (excludes halogenated alkanes) is 10. The SMILES string of the molecule is CCCCCc1oc(CCCCCCCCC(=O)OC[C@H](COP(=O)(O)OCC[N+](C)(C)C)OC(=O)CCC/C=C\C[C@H]2[C@@H](O)CC(=O)[C@@H]2/C=C/[C@@H](O)CCCCC)c(C)c1C. The summed E-state index contributed by atoms with van der Waals surface area (Å²) in [7, 11) is 1.29. The fourth-order valence-corrected chi connectivity index (χ4v) is 8.21. The van der Waals surface area contributed by atoms with Crippen LogP contribution in [0, 0.1) is 25.7 Å². The number of Topliss-reactive ketones (excluding diaryl/α,β-unsaturated/α-hetero) is 1. The number of quaternary nitrogens is 1. The minimum atomic E-state index is -4.47. The molecule has 0 aromatic carbocycles. The summed E-state index contributed by atoms with van der Waals surface area (Å²) in [6.07, 6.45) is 21.4. The number of aryl methyl sites for hydroxylation is 2. The number of carbonyl (C=O) groups excluding carboxylic acids is 3. The second kappa shape index (κ2) is 30.5. The number of aliphatic hydroxyl groups excluding tert-OH is 2. The number of carbonyl (C=O) groups is 3. The Labute approximate surface area is 373 Å². The molecule has 1 aromatic rings. The highest BCUT2D eigenvalue weighted by atomic mass is 31.2. The van der Waals surface area contributed by atoms with Crippen LogP contribution < -0.4 is 0 Å². The van der Waals surface area contributed by atoms with Gasteiger partial charge in [-0.15, -0.1) is 0 Å². The third kappa shape index (κ3) is 23.9. The van der Waals surface area contributed by atoms with E-state index in [-0.39, 0.29) is 44.2 Å². The molecule has 1 aliphatic carbocycles. The van der Waals surface area contributed by atoms with E-state index in [9.17, 15) is 34.1 Å². The van der Waals surface area contributed by atoms with Crippen molar-refractivity contribution in [2.24, 2.45) is 11.8 Å². The molecule has 2 rings (SSSR count). The summed E-state index contributed by atoms with van der Waals surface area (Å²) < 4.78 is 40.5. The Kier molecular flexibility index (Phi) is 27.3. The topological polar surface area (TPSA) is 179 Å². The zero-order valence-corrected chi connectivity index (χ0v) is 40.2. The fraction of sp³-hybridized carbons (Fsp3) is 0.771. The highest BCUT2D eigenvalue weighted by Gasteiger charge is 2.39. The van der Waals surface area contributed by atoms with Crippen LogP contribution in [0.1, 0.15) is 158 Å². The molecule has 0 spiro atoms. The van der Waals surface area contributed by atoms with Crippen molar-refractivity contribution >= 4 is 25.5 Å². The molecule has 62 heavy (non-hydrogen) atoms. The lowest BCUT2D eigenvalue weighted by Crippen LogP contribution is -2.37. The van der Waals surface area contributed by atoms with Crippen molar-refractivity contribution in [3.05, 3.63) is 47.0 Å². The summed E-state index contributed by atoms with van der Waals surface area (Å²) in [6, 6.07) is 0. The number of hydrogen-bond acceptors (Lipinski definition) is 11. The van der Waals surface area contributed by atoms with E-state index in [1.165, 1.54) is 24.0 Å². The average Bonchev–Trinajstić information content (AvgIpc) is 3.63. The van der Waals surface area contributed by atoms with Gasteiger partial charge in [-0.05, 0) is 69.9 Å². The van der Waals surface area contributed by atoms with Crippen molar-refractivity contribution in [2.45, 2.75) is 181 Å². The van der Waals surface area contributed by atoms with E-state index < -0.39 is 50.6 Å². The monoisotopic (exact) mass is 897 g/mol. The summed E-state index contributed by atoms with van der Waals surface area (Å²) in [5.41, 5.74) is 2.57. The van der Waals surface area contributed by atoms with Crippen molar-refractivity contribution in [1.82, 2.24) is 0 Å². The van der Waals surface area contributed by atoms with Gasteiger partial charge in [0.05, 0.1) is 40.0 Å². The van der Waals surface area contributed by atoms with Gasteiger partial charge in [0.15, 0.2) is 6.10 Å². The van der Waals surface area contributed by atoms with Gasteiger partial charge in [0.2, 0.25) is 0 Å². The van der Waals surface area contributed by atoms with Crippen LogP contribution in [0.5, 0.6) is 0 Å². The van der Waals surface area contributed by atoms with E-state index in [1.54, 1.807) is 12.2 Å². The highest BCUT2D eigenvalue weighted by molar-refractivity contribution is 7.47. The molecule has 3 N–H and O–H groups in total. The second-order valence-electron chi connectivity index (χ2n) is 18.2. The molecular formula is C48H83NO12P+. The summed E-state index contributed by atoms with van der Waals surface area (Å²) >= 11 is 0. The second-order valence-corrected chi connectivity index (χ2v) is 19.6. The third-order valence-electron chi connectivity index (χ3n) is 11.6. The number of furan rings is 1. The first-order valence-electron chi connectivity index (χ1n) is 23.5. The normalized spacial score (nSPS) is 19.1. The standard InChI is InChI=1S/C48H82NO12P/c1-8-10-18-24-39(50)30-31-42-41(43(51)34-44(42)52)25-20-16-17-23-29-48(54)60-40(36-59-62(55,56)58-33-32-49(5,6)7)35-57-47(53)28-22-15-13-12-14-21-27-46-38(4)37(3)45(61-46)26-19-11-9-2/h16,20,30-31,39-43,50-51H,8-15,17-19,21-29,32-36H2,1-7H3/p+1/b20-16-,31-30+/t39-,40+,41+,42+,43-/m0/s1. The predicted molar refractivity (Wildman–Crippen MR) is 242 cm³/mol. The molecule has 1 heterocycles. The average molecular weight is 897 g/mol. The van der Waals surface area contributed by atoms with E-state index in [2.05, 4.69) is 27.7 Å². The largest absolute Gasteiger partial charge is 0.472 e. The van der Waals surface area contributed by atoms with E-state index in [0.717, 1.165) is 82.1 Å². The van der Waals surface area contributed by atoms with Crippen LogP contribution in [0.2, 0.25) is 0 Å². The number of allylic oxidation sites excluding steroid dienone is 3. The number of ether oxygens (including phenoxy) is 2. The molecule has 1 unspecified atom stereocenters. The molecule has 0 amide bonds. The molecule has 1 fully saturated rings. The molecule has 0 saturated heterocycles. The van der Waals surface area contributed by atoms with E-state index >= 15 is 0 Å². The number of phosphoric ester groups is 1. The number of hydrogen-bond donors (Lipinski definition) is 3. The van der Waals surface area contributed by atoms with Crippen LogP contribution in [0.4, 0.5) is 0 Å². The quantitative estimate of drug-likeness (QED) is 0.0194. The van der Waals surface area contributed by atoms with Crippen LogP contribution in [-0.4, -0.2) is 103 Å². The minimum absolute atomic E-state index is 0.0246. The molecule has 0 radical (unpaired) electrons. The van der Waals surface area contributed by atoms with Crippen LogP contribution in [0.3, 0.4) is 0 Å². The first-order chi connectivity index (χ1) is 29.5. The number of likely N-dealkylation sites (N-methyl/N-ethyl adjacent to an activating group) is 1. The zero-order chi connectivity index (χ0) is 46.0. The number of aliphatic hydroxyl groups is 2. The zero-order valence-electron chi connectivity index (χ0n) is 39.3. The van der Waals surface area contributed by atoms with Crippen LogP contribution >= 0.6 is 7.82 Å². The van der Waals surface area contributed by atoms with Gasteiger partial charge in [0.25, 0.3) is 0 Å². The van der Waals surface area contributed by atoms with Crippen LogP contribution in [0.15, 0.2) is 28.7 Å². The van der Waals surface area contributed by atoms with Gasteiger partial charge in [-0.1, -0.05) is 95.9 Å². The number of esters is 2. The van der Waals surface area contributed by atoms with E-state index in [0.29, 0.717) is 43.1 Å².